The van der Waals surface area contributed by atoms with Crippen molar-refractivity contribution >= 4 is 21.9 Å². The molecule has 1 aliphatic rings. The van der Waals surface area contributed by atoms with Gasteiger partial charge in [-0.25, -0.2) is 4.98 Å². The summed E-state index contributed by atoms with van der Waals surface area (Å²) in [5.74, 6) is 0. The number of aromatic nitrogens is 3. The Labute approximate surface area is 102 Å². The summed E-state index contributed by atoms with van der Waals surface area (Å²) in [5, 5.41) is 18.8. The Kier molecular flexibility index (Phi) is 2.62. The molecule has 17 heavy (non-hydrogen) atoms. The number of aliphatic hydroxyl groups is 2. The molecule has 3 atom stereocenters. The second-order valence-corrected chi connectivity index (χ2v) is 4.94. The monoisotopic (exact) mass is 255 g/mol. The van der Waals surface area contributed by atoms with Gasteiger partial charge in [0, 0.05) is 6.42 Å². The zero-order valence-corrected chi connectivity index (χ0v) is 10.1. The summed E-state index contributed by atoms with van der Waals surface area (Å²) in [6.45, 7) is 1.74. The minimum absolute atomic E-state index is 0.169. The normalized spacial score (nSPS) is 29.2. The lowest BCUT2D eigenvalue weighted by Crippen LogP contribution is -2.24. The number of ether oxygens (including phenoxy) is 1. The van der Waals surface area contributed by atoms with E-state index in [1.54, 1.807) is 6.33 Å². The molecule has 3 heterocycles. The van der Waals surface area contributed by atoms with Crippen LogP contribution < -0.4 is 0 Å². The molecule has 0 aromatic carbocycles. The quantitative estimate of drug-likeness (QED) is 0.814. The maximum atomic E-state index is 9.70. The average Bonchev–Trinajstić information content (AvgIpc) is 2.95. The fourth-order valence-corrected chi connectivity index (χ4v) is 2.95. The molecule has 1 aliphatic heterocycles. The van der Waals surface area contributed by atoms with Crippen molar-refractivity contribution < 1.29 is 14.9 Å². The van der Waals surface area contributed by atoms with Gasteiger partial charge in [0.25, 0.3) is 0 Å². The average molecular weight is 255 g/mol. The zero-order valence-electron chi connectivity index (χ0n) is 9.28. The summed E-state index contributed by atoms with van der Waals surface area (Å²) < 4.78 is 11.7. The van der Waals surface area contributed by atoms with Gasteiger partial charge in [-0.2, -0.15) is 4.37 Å². The number of nitrogens with zero attached hydrogens (tertiary/aromatic N) is 3. The van der Waals surface area contributed by atoms with Crippen LogP contribution in [0.4, 0.5) is 0 Å². The van der Waals surface area contributed by atoms with E-state index in [0.717, 1.165) is 16.0 Å². The molecule has 2 N–H and O–H groups in total. The van der Waals surface area contributed by atoms with Gasteiger partial charge >= 0.3 is 0 Å². The lowest BCUT2D eigenvalue weighted by Gasteiger charge is -2.12. The predicted molar refractivity (Wildman–Crippen MR) is 61.8 cm³/mol. The van der Waals surface area contributed by atoms with E-state index in [2.05, 4.69) is 9.36 Å². The molecule has 92 valence electrons. The van der Waals surface area contributed by atoms with E-state index in [9.17, 15) is 5.11 Å². The van der Waals surface area contributed by atoms with Gasteiger partial charge in [0.05, 0.1) is 24.7 Å². The molecule has 0 radical (unpaired) electrons. The smallest absolute Gasteiger partial charge is 0.145 e. The molecule has 1 saturated heterocycles. The highest BCUT2D eigenvalue weighted by Gasteiger charge is 2.35. The van der Waals surface area contributed by atoms with Crippen LogP contribution in [-0.2, 0) is 4.74 Å². The van der Waals surface area contributed by atoms with Gasteiger partial charge in [-0.3, -0.25) is 4.57 Å². The van der Waals surface area contributed by atoms with Crippen LogP contribution in [0.3, 0.4) is 0 Å². The standard InChI is InChI=1S/C10H13N3O3S/c1-5-9-10(17-12-5)13(4-11-9)8-2-6(15)7(3-14)16-8/h4,6-8,14-15H,2-3H2,1H3/t6-,7+,8+/m0/s1. The van der Waals surface area contributed by atoms with Crippen LogP contribution in [0.25, 0.3) is 10.3 Å². The number of hydrogen-bond donors (Lipinski definition) is 2. The van der Waals surface area contributed by atoms with Gasteiger partial charge in [-0.05, 0) is 18.5 Å². The first-order valence-corrected chi connectivity index (χ1v) is 6.21. The van der Waals surface area contributed by atoms with Crippen LogP contribution in [0.2, 0.25) is 0 Å². The lowest BCUT2D eigenvalue weighted by atomic mass is 10.2. The van der Waals surface area contributed by atoms with Crippen LogP contribution in [0.1, 0.15) is 18.3 Å². The molecule has 3 rings (SSSR count). The van der Waals surface area contributed by atoms with Crippen molar-refractivity contribution in [2.45, 2.75) is 31.8 Å². The summed E-state index contributed by atoms with van der Waals surface area (Å²) in [6, 6.07) is 0. The molecule has 2 aromatic heterocycles. The van der Waals surface area contributed by atoms with Crippen molar-refractivity contribution in [3.05, 3.63) is 12.0 Å². The van der Waals surface area contributed by atoms with E-state index in [-0.39, 0.29) is 12.8 Å². The summed E-state index contributed by atoms with van der Waals surface area (Å²) in [6.07, 6.45) is 0.760. The Bertz CT molecular complexity index is 538. The lowest BCUT2D eigenvalue weighted by molar-refractivity contribution is -0.0429. The van der Waals surface area contributed by atoms with E-state index in [0.29, 0.717) is 6.42 Å². The Balaban J connectivity index is 1.95. The minimum Gasteiger partial charge on any atom is -0.394 e. The molecule has 0 saturated carbocycles. The van der Waals surface area contributed by atoms with E-state index >= 15 is 0 Å². The van der Waals surface area contributed by atoms with Gasteiger partial charge in [0.2, 0.25) is 0 Å². The second-order valence-electron chi connectivity index (χ2n) is 4.19. The van der Waals surface area contributed by atoms with Crippen molar-refractivity contribution in [1.29, 1.82) is 0 Å². The molecule has 0 bridgehead atoms. The van der Waals surface area contributed by atoms with Crippen molar-refractivity contribution in [3.63, 3.8) is 0 Å². The first-order valence-electron chi connectivity index (χ1n) is 5.44. The third kappa shape index (κ3) is 1.66. The Hall–Kier alpha value is -1.02. The molecule has 6 nitrogen and oxygen atoms in total. The fraction of sp³-hybridized carbons (Fsp3) is 0.600. The van der Waals surface area contributed by atoms with Gasteiger partial charge in [0.1, 0.15) is 22.7 Å². The molecule has 1 fully saturated rings. The Morgan fingerprint density at radius 1 is 1.65 bits per heavy atom. The van der Waals surface area contributed by atoms with Crippen LogP contribution in [0, 0.1) is 6.92 Å². The highest BCUT2D eigenvalue weighted by atomic mass is 32.1. The molecule has 0 amide bonds. The number of aryl methyl sites for hydroxylation is 1. The van der Waals surface area contributed by atoms with Crippen molar-refractivity contribution in [2.24, 2.45) is 0 Å². The Morgan fingerprint density at radius 2 is 2.47 bits per heavy atom. The molecule has 2 aromatic rings. The van der Waals surface area contributed by atoms with Crippen LogP contribution in [0.5, 0.6) is 0 Å². The summed E-state index contributed by atoms with van der Waals surface area (Å²) in [7, 11) is 0. The highest BCUT2D eigenvalue weighted by molar-refractivity contribution is 7.12. The molecular weight excluding hydrogens is 242 g/mol. The number of aliphatic hydroxyl groups excluding tert-OH is 2. The van der Waals surface area contributed by atoms with E-state index in [4.69, 9.17) is 9.84 Å². The highest BCUT2D eigenvalue weighted by Crippen LogP contribution is 2.32. The van der Waals surface area contributed by atoms with E-state index < -0.39 is 12.2 Å². The van der Waals surface area contributed by atoms with Gasteiger partial charge < -0.3 is 14.9 Å². The first-order chi connectivity index (χ1) is 8.20. The van der Waals surface area contributed by atoms with E-state index in [1.165, 1.54) is 11.5 Å². The molecular formula is C10H13N3O3S. The molecule has 0 unspecified atom stereocenters. The predicted octanol–water partition coefficient (Wildman–Crippen LogP) is 0.442. The summed E-state index contributed by atoms with van der Waals surface area (Å²) >= 11 is 1.37. The maximum Gasteiger partial charge on any atom is 0.145 e. The number of imidazole rings is 1. The zero-order chi connectivity index (χ0) is 12.0. The Morgan fingerprint density at radius 3 is 3.18 bits per heavy atom. The molecule has 0 aliphatic carbocycles. The molecule has 7 heteroatoms. The van der Waals surface area contributed by atoms with Crippen LogP contribution in [-0.4, -0.2) is 43.0 Å². The van der Waals surface area contributed by atoms with Gasteiger partial charge in [0.15, 0.2) is 0 Å². The SMILES string of the molecule is Cc1nsc2c1ncn2[C@H]1C[C@H](O)[C@@H](CO)O1. The van der Waals surface area contributed by atoms with E-state index in [1.807, 2.05) is 11.5 Å². The number of hydrogen-bond acceptors (Lipinski definition) is 6. The third-order valence-electron chi connectivity index (χ3n) is 3.05. The molecule has 0 spiro atoms. The number of fused-ring (bicyclic) bond motifs is 1. The van der Waals surface area contributed by atoms with Crippen molar-refractivity contribution in [1.82, 2.24) is 13.9 Å². The van der Waals surface area contributed by atoms with Crippen molar-refractivity contribution in [3.8, 4) is 0 Å². The minimum atomic E-state index is -0.628. The van der Waals surface area contributed by atoms with Crippen molar-refractivity contribution in [2.75, 3.05) is 6.61 Å². The maximum absolute atomic E-state index is 9.70. The summed E-state index contributed by atoms with van der Waals surface area (Å²) in [5.41, 5.74) is 1.78. The first kappa shape index (κ1) is 11.1. The van der Waals surface area contributed by atoms with Gasteiger partial charge in [-0.15, -0.1) is 0 Å². The number of rotatable bonds is 2. The van der Waals surface area contributed by atoms with Crippen LogP contribution >= 0.6 is 11.5 Å². The second kappa shape index (κ2) is 4.02. The van der Waals surface area contributed by atoms with Crippen LogP contribution in [0.15, 0.2) is 6.33 Å². The topological polar surface area (TPSA) is 80.4 Å². The van der Waals surface area contributed by atoms with Gasteiger partial charge in [-0.1, -0.05) is 0 Å². The fourth-order valence-electron chi connectivity index (χ4n) is 2.10. The summed E-state index contributed by atoms with van der Waals surface area (Å²) in [4.78, 5) is 5.23. The third-order valence-corrected chi connectivity index (χ3v) is 4.00. The largest absolute Gasteiger partial charge is 0.394 e.